The molecule has 1 heterocycles. The molecule has 2 nitrogen and oxygen atoms in total. The number of benzene rings is 1. The largest absolute Gasteiger partial charge is 0.487 e. The fraction of sp³-hybridized carbons (Fsp3) is 0.444. The summed E-state index contributed by atoms with van der Waals surface area (Å²) in [6, 6.07) is 10.2. The van der Waals surface area contributed by atoms with Crippen molar-refractivity contribution in [2.45, 2.75) is 38.9 Å². The standard InChI is InChI=1S/C18H24BClO2/c1-6-14(13-20)16(15-10-8-7-9-11-15)12-19-21-17(2,3)18(4,5)22-19/h6-12,14H,1,13H2,2-5H3/b16-12+/t14-/m1/s1. The van der Waals surface area contributed by atoms with Gasteiger partial charge in [-0.2, -0.15) is 0 Å². The Kier molecular flexibility index (Phi) is 5.21. The molecule has 0 saturated carbocycles. The summed E-state index contributed by atoms with van der Waals surface area (Å²) in [5.41, 5.74) is 1.51. The van der Waals surface area contributed by atoms with Crippen LogP contribution in [0.4, 0.5) is 0 Å². The maximum atomic E-state index is 6.12. The summed E-state index contributed by atoms with van der Waals surface area (Å²) in [5.74, 6) is 2.56. The van der Waals surface area contributed by atoms with Gasteiger partial charge < -0.3 is 9.31 Å². The van der Waals surface area contributed by atoms with Gasteiger partial charge in [-0.1, -0.05) is 36.4 Å². The van der Waals surface area contributed by atoms with E-state index < -0.39 is 0 Å². The SMILES string of the molecule is C=C[C@H](CCl)/C(=C\B1OC(C)(C)C(C)(C)O1)c1ccccc1. The molecule has 22 heavy (non-hydrogen) atoms. The molecule has 0 unspecified atom stereocenters. The van der Waals surface area contributed by atoms with Gasteiger partial charge in [0.05, 0.1) is 11.2 Å². The van der Waals surface area contributed by atoms with Crippen LogP contribution in [0.15, 0.2) is 49.0 Å². The van der Waals surface area contributed by atoms with Crippen molar-refractivity contribution in [3.8, 4) is 0 Å². The van der Waals surface area contributed by atoms with E-state index in [4.69, 9.17) is 20.9 Å². The van der Waals surface area contributed by atoms with Gasteiger partial charge in [-0.25, -0.2) is 0 Å². The zero-order valence-electron chi connectivity index (χ0n) is 13.8. The highest BCUT2D eigenvalue weighted by molar-refractivity contribution is 6.53. The minimum absolute atomic E-state index is 0.0584. The molecule has 0 spiro atoms. The molecule has 4 heteroatoms. The average molecular weight is 319 g/mol. The van der Waals surface area contributed by atoms with Crippen LogP contribution in [0.5, 0.6) is 0 Å². The maximum Gasteiger partial charge on any atom is 0.487 e. The second-order valence-electron chi connectivity index (χ2n) is 6.61. The Morgan fingerprint density at radius 1 is 1.18 bits per heavy atom. The zero-order chi connectivity index (χ0) is 16.4. The molecule has 0 N–H and O–H groups in total. The molecule has 0 aromatic heterocycles. The van der Waals surface area contributed by atoms with E-state index in [1.165, 1.54) is 0 Å². The van der Waals surface area contributed by atoms with Crippen LogP contribution in [0.25, 0.3) is 5.57 Å². The quantitative estimate of drug-likeness (QED) is 0.443. The molecule has 1 saturated heterocycles. The summed E-state index contributed by atoms with van der Waals surface area (Å²) in [6.45, 7) is 12.1. The lowest BCUT2D eigenvalue weighted by Crippen LogP contribution is -2.41. The predicted molar refractivity (Wildman–Crippen MR) is 94.9 cm³/mol. The van der Waals surface area contributed by atoms with Crippen molar-refractivity contribution in [2.75, 3.05) is 5.88 Å². The fourth-order valence-corrected chi connectivity index (χ4v) is 2.73. The molecule has 0 aliphatic carbocycles. The maximum absolute atomic E-state index is 6.12. The van der Waals surface area contributed by atoms with Crippen LogP contribution < -0.4 is 0 Å². The van der Waals surface area contributed by atoms with Crippen LogP contribution in [-0.4, -0.2) is 24.2 Å². The molecule has 0 bridgehead atoms. The van der Waals surface area contributed by atoms with Gasteiger partial charge in [-0.15, -0.1) is 18.2 Å². The number of rotatable bonds is 5. The van der Waals surface area contributed by atoms with Gasteiger partial charge in [0, 0.05) is 11.8 Å². The molecule has 2 rings (SSSR count). The minimum Gasteiger partial charge on any atom is -0.400 e. The number of alkyl halides is 1. The molecule has 1 aliphatic heterocycles. The summed E-state index contributed by atoms with van der Waals surface area (Å²) in [6.07, 6.45) is 1.87. The molecule has 1 fully saturated rings. The lowest BCUT2D eigenvalue weighted by Gasteiger charge is -2.32. The Morgan fingerprint density at radius 2 is 1.73 bits per heavy atom. The Hall–Kier alpha value is -1.03. The van der Waals surface area contributed by atoms with Crippen LogP contribution in [0.1, 0.15) is 33.3 Å². The highest BCUT2D eigenvalue weighted by Gasteiger charge is 2.50. The lowest BCUT2D eigenvalue weighted by molar-refractivity contribution is 0.00578. The van der Waals surface area contributed by atoms with Crippen LogP contribution in [0.2, 0.25) is 0 Å². The van der Waals surface area contributed by atoms with Gasteiger partial charge in [0.1, 0.15) is 0 Å². The van der Waals surface area contributed by atoms with Gasteiger partial charge in [0.25, 0.3) is 0 Å². The highest BCUT2D eigenvalue weighted by atomic mass is 35.5. The Morgan fingerprint density at radius 3 is 2.18 bits per heavy atom. The first kappa shape index (κ1) is 17.3. The molecule has 1 atom stereocenters. The minimum atomic E-state index is -0.383. The Labute approximate surface area is 139 Å². The summed E-state index contributed by atoms with van der Waals surface area (Å²) in [7, 11) is -0.383. The summed E-state index contributed by atoms with van der Waals surface area (Å²) < 4.78 is 12.2. The van der Waals surface area contributed by atoms with E-state index in [2.05, 4.69) is 46.4 Å². The Balaban J connectivity index is 2.36. The van der Waals surface area contributed by atoms with E-state index in [0.717, 1.165) is 11.1 Å². The third-order valence-corrected chi connectivity index (χ3v) is 4.88. The first-order valence-corrected chi connectivity index (χ1v) is 8.15. The van der Waals surface area contributed by atoms with Crippen molar-refractivity contribution < 1.29 is 9.31 Å². The van der Waals surface area contributed by atoms with Gasteiger partial charge >= 0.3 is 7.12 Å². The third kappa shape index (κ3) is 3.48. The first-order valence-electron chi connectivity index (χ1n) is 7.62. The van der Waals surface area contributed by atoms with E-state index in [1.807, 2.05) is 30.3 Å². The zero-order valence-corrected chi connectivity index (χ0v) is 14.6. The highest BCUT2D eigenvalue weighted by Crippen LogP contribution is 2.38. The summed E-state index contributed by atoms with van der Waals surface area (Å²) in [5, 5.41) is 0. The topological polar surface area (TPSA) is 18.5 Å². The van der Waals surface area contributed by atoms with Crippen molar-refractivity contribution in [3.05, 3.63) is 54.5 Å². The molecular weight excluding hydrogens is 294 g/mol. The van der Waals surface area contributed by atoms with Crippen molar-refractivity contribution in [1.29, 1.82) is 0 Å². The normalized spacial score (nSPS) is 21.7. The Bertz CT molecular complexity index is 535. The summed E-state index contributed by atoms with van der Waals surface area (Å²) >= 11 is 6.12. The summed E-state index contributed by atoms with van der Waals surface area (Å²) in [4.78, 5) is 0. The van der Waals surface area contributed by atoms with E-state index in [1.54, 1.807) is 0 Å². The van der Waals surface area contributed by atoms with Gasteiger partial charge in [0.15, 0.2) is 0 Å². The van der Waals surface area contributed by atoms with Gasteiger partial charge in [-0.05, 0) is 44.8 Å². The van der Waals surface area contributed by atoms with Crippen molar-refractivity contribution >= 4 is 24.3 Å². The third-order valence-electron chi connectivity index (χ3n) is 4.54. The molecule has 1 aromatic carbocycles. The van der Waals surface area contributed by atoms with E-state index >= 15 is 0 Å². The number of halogens is 1. The second-order valence-corrected chi connectivity index (χ2v) is 6.92. The second kappa shape index (κ2) is 6.61. The molecule has 0 amide bonds. The monoisotopic (exact) mass is 318 g/mol. The van der Waals surface area contributed by atoms with Crippen molar-refractivity contribution in [2.24, 2.45) is 5.92 Å². The van der Waals surface area contributed by atoms with Crippen LogP contribution >= 0.6 is 11.6 Å². The molecular formula is C18H24BClO2. The molecule has 1 aliphatic rings. The smallest absolute Gasteiger partial charge is 0.400 e. The predicted octanol–water partition coefficient (Wildman–Crippen LogP) is 4.74. The lowest BCUT2D eigenvalue weighted by atomic mass is 9.80. The molecule has 1 aromatic rings. The average Bonchev–Trinajstić information content (AvgIpc) is 2.67. The number of allylic oxidation sites excluding steroid dienone is 2. The van der Waals surface area contributed by atoms with Crippen LogP contribution in [-0.2, 0) is 9.31 Å². The van der Waals surface area contributed by atoms with Crippen LogP contribution in [0.3, 0.4) is 0 Å². The fourth-order valence-electron chi connectivity index (χ4n) is 2.44. The number of hydrogen-bond acceptors (Lipinski definition) is 2. The van der Waals surface area contributed by atoms with Crippen molar-refractivity contribution in [3.63, 3.8) is 0 Å². The van der Waals surface area contributed by atoms with E-state index in [9.17, 15) is 0 Å². The first-order chi connectivity index (χ1) is 10.3. The van der Waals surface area contributed by atoms with E-state index in [0.29, 0.717) is 5.88 Å². The van der Waals surface area contributed by atoms with Gasteiger partial charge in [0.2, 0.25) is 0 Å². The molecule has 0 radical (unpaired) electrons. The number of hydrogen-bond donors (Lipinski definition) is 0. The van der Waals surface area contributed by atoms with Crippen molar-refractivity contribution in [1.82, 2.24) is 0 Å². The van der Waals surface area contributed by atoms with Gasteiger partial charge in [-0.3, -0.25) is 0 Å². The van der Waals surface area contributed by atoms with E-state index in [-0.39, 0.29) is 24.2 Å². The van der Waals surface area contributed by atoms with Crippen LogP contribution in [0, 0.1) is 5.92 Å². The molecule has 118 valence electrons.